The van der Waals surface area contributed by atoms with Gasteiger partial charge in [0.25, 0.3) is 0 Å². The van der Waals surface area contributed by atoms with E-state index in [0.717, 1.165) is 42.4 Å². The Labute approximate surface area is 188 Å². The van der Waals surface area contributed by atoms with Crippen LogP contribution in [0.2, 0.25) is 0 Å². The van der Waals surface area contributed by atoms with E-state index in [0.29, 0.717) is 30.3 Å². The van der Waals surface area contributed by atoms with Gasteiger partial charge in [-0.2, -0.15) is 0 Å². The predicted molar refractivity (Wildman–Crippen MR) is 121 cm³/mol. The van der Waals surface area contributed by atoms with Gasteiger partial charge in [-0.05, 0) is 72.6 Å². The predicted octanol–water partition coefficient (Wildman–Crippen LogP) is 3.92. The summed E-state index contributed by atoms with van der Waals surface area (Å²) in [6.07, 6.45) is 3.53. The van der Waals surface area contributed by atoms with E-state index in [9.17, 15) is 9.59 Å². The second-order valence-corrected chi connectivity index (χ2v) is 8.16. The van der Waals surface area contributed by atoms with Crippen molar-refractivity contribution in [2.24, 2.45) is 17.6 Å². The minimum absolute atomic E-state index is 0.00121. The molecule has 1 aliphatic rings. The number of rotatable bonds is 8. The van der Waals surface area contributed by atoms with Crippen LogP contribution in [-0.4, -0.2) is 38.6 Å². The highest BCUT2D eigenvalue weighted by molar-refractivity contribution is 5.96. The molecule has 0 unspecified atom stereocenters. The Morgan fingerprint density at radius 1 is 0.969 bits per heavy atom. The second kappa shape index (κ2) is 10.9. The van der Waals surface area contributed by atoms with Gasteiger partial charge in [0.1, 0.15) is 5.84 Å². The lowest BCUT2D eigenvalue weighted by Crippen LogP contribution is -2.24. The van der Waals surface area contributed by atoms with Gasteiger partial charge in [-0.3, -0.25) is 10.2 Å². The van der Waals surface area contributed by atoms with Crippen LogP contribution in [0.3, 0.4) is 0 Å². The molecule has 1 fully saturated rings. The van der Waals surface area contributed by atoms with Crippen molar-refractivity contribution in [2.75, 3.05) is 20.8 Å². The molecule has 170 valence electrons. The Kier molecular flexibility index (Phi) is 8.00. The molecule has 3 rings (SSSR count). The fourth-order valence-corrected chi connectivity index (χ4v) is 4.12. The van der Waals surface area contributed by atoms with Crippen molar-refractivity contribution in [3.63, 3.8) is 0 Å². The third-order valence-corrected chi connectivity index (χ3v) is 5.92. The lowest BCUT2D eigenvalue weighted by atomic mass is 9.82. The van der Waals surface area contributed by atoms with Gasteiger partial charge in [0.05, 0.1) is 32.3 Å². The van der Waals surface area contributed by atoms with Gasteiger partial charge in [0.15, 0.2) is 0 Å². The van der Waals surface area contributed by atoms with Gasteiger partial charge in [-0.15, -0.1) is 0 Å². The van der Waals surface area contributed by atoms with E-state index in [2.05, 4.69) is 0 Å². The summed E-state index contributed by atoms with van der Waals surface area (Å²) >= 11 is 0. The number of hydrogen-bond acceptors (Lipinski definition) is 6. The van der Waals surface area contributed by atoms with Crippen LogP contribution in [0.4, 0.5) is 0 Å². The van der Waals surface area contributed by atoms with Gasteiger partial charge >= 0.3 is 11.9 Å². The van der Waals surface area contributed by atoms with Crippen LogP contribution in [0.25, 0.3) is 11.1 Å². The summed E-state index contributed by atoms with van der Waals surface area (Å²) < 4.78 is 15.7. The highest BCUT2D eigenvalue weighted by Crippen LogP contribution is 2.30. The van der Waals surface area contributed by atoms with Gasteiger partial charge < -0.3 is 19.9 Å². The molecular formula is C25H30N2O5. The highest BCUT2D eigenvalue weighted by atomic mass is 16.5. The molecule has 32 heavy (non-hydrogen) atoms. The van der Waals surface area contributed by atoms with Crippen LogP contribution in [0.5, 0.6) is 0 Å². The molecule has 1 saturated carbocycles. The normalized spacial score (nSPS) is 18.1. The molecule has 3 N–H and O–H groups in total. The first-order valence-corrected chi connectivity index (χ1v) is 10.7. The third kappa shape index (κ3) is 5.95. The number of nitrogen functional groups attached to an aromatic ring is 1. The second-order valence-electron chi connectivity index (χ2n) is 8.16. The van der Waals surface area contributed by atoms with Crippen molar-refractivity contribution in [3.8, 4) is 11.1 Å². The lowest BCUT2D eigenvalue weighted by molar-refractivity contribution is -0.147. The number of nitrogens with two attached hydrogens (primary N) is 1. The molecule has 0 amide bonds. The number of methoxy groups -OCH3 is 2. The first-order chi connectivity index (χ1) is 15.4. The van der Waals surface area contributed by atoms with E-state index >= 15 is 0 Å². The van der Waals surface area contributed by atoms with Gasteiger partial charge in [-0.25, -0.2) is 4.79 Å². The zero-order valence-electron chi connectivity index (χ0n) is 18.6. The van der Waals surface area contributed by atoms with Crippen molar-refractivity contribution in [1.82, 2.24) is 0 Å². The SMILES string of the molecule is COC(=O)c1cc(COCC2CCC(C(=O)OC)CC2)cc(-c2cccc(C(=N)N)c2)c1. The van der Waals surface area contributed by atoms with Crippen molar-refractivity contribution < 1.29 is 23.8 Å². The number of hydrogen-bond donors (Lipinski definition) is 2. The van der Waals surface area contributed by atoms with Crippen LogP contribution >= 0.6 is 0 Å². The zero-order valence-corrected chi connectivity index (χ0v) is 18.6. The average Bonchev–Trinajstić information content (AvgIpc) is 2.83. The van der Waals surface area contributed by atoms with Crippen molar-refractivity contribution in [3.05, 3.63) is 59.2 Å². The Morgan fingerprint density at radius 2 is 1.69 bits per heavy atom. The lowest BCUT2D eigenvalue weighted by Gasteiger charge is -2.26. The summed E-state index contributed by atoms with van der Waals surface area (Å²) in [5, 5.41) is 7.67. The molecule has 0 bridgehead atoms. The summed E-state index contributed by atoms with van der Waals surface area (Å²) in [6.45, 7) is 0.965. The molecule has 7 heteroatoms. The quantitative estimate of drug-likeness (QED) is 0.367. The fraction of sp³-hybridized carbons (Fsp3) is 0.400. The monoisotopic (exact) mass is 438 g/mol. The van der Waals surface area contributed by atoms with E-state index in [4.69, 9.17) is 25.4 Å². The molecule has 0 spiro atoms. The minimum Gasteiger partial charge on any atom is -0.469 e. The molecule has 0 aromatic heterocycles. The average molecular weight is 439 g/mol. The van der Waals surface area contributed by atoms with Crippen LogP contribution in [0.1, 0.15) is 47.2 Å². The molecule has 2 aromatic rings. The Morgan fingerprint density at radius 3 is 2.34 bits per heavy atom. The van der Waals surface area contributed by atoms with Crippen molar-refractivity contribution in [1.29, 1.82) is 5.41 Å². The largest absolute Gasteiger partial charge is 0.469 e. The summed E-state index contributed by atoms with van der Waals surface area (Å²) in [6, 6.07) is 12.9. The first kappa shape index (κ1) is 23.5. The molecule has 0 atom stereocenters. The molecule has 1 aliphatic carbocycles. The van der Waals surface area contributed by atoms with Crippen LogP contribution in [-0.2, 0) is 25.6 Å². The van der Waals surface area contributed by atoms with E-state index in [1.165, 1.54) is 14.2 Å². The highest BCUT2D eigenvalue weighted by Gasteiger charge is 2.26. The number of carbonyl (C=O) groups is 2. The minimum atomic E-state index is -0.419. The Bertz CT molecular complexity index is 980. The number of amidine groups is 1. The number of nitrogens with one attached hydrogen (secondary N) is 1. The van der Waals surface area contributed by atoms with Gasteiger partial charge in [0.2, 0.25) is 0 Å². The number of benzene rings is 2. The number of carbonyl (C=O) groups excluding carboxylic acids is 2. The summed E-state index contributed by atoms with van der Waals surface area (Å²) in [4.78, 5) is 23.9. The van der Waals surface area contributed by atoms with Gasteiger partial charge in [0, 0.05) is 12.2 Å². The molecule has 7 nitrogen and oxygen atoms in total. The smallest absolute Gasteiger partial charge is 0.337 e. The first-order valence-electron chi connectivity index (χ1n) is 10.7. The van der Waals surface area contributed by atoms with Gasteiger partial charge in [-0.1, -0.05) is 18.2 Å². The van der Waals surface area contributed by atoms with Crippen LogP contribution < -0.4 is 5.73 Å². The number of ether oxygens (including phenoxy) is 3. The maximum atomic E-state index is 12.2. The van der Waals surface area contributed by atoms with Crippen LogP contribution in [0, 0.1) is 17.2 Å². The van der Waals surface area contributed by atoms with E-state index in [1.54, 1.807) is 18.2 Å². The molecule has 0 aliphatic heterocycles. The third-order valence-electron chi connectivity index (χ3n) is 5.92. The van der Waals surface area contributed by atoms with E-state index in [-0.39, 0.29) is 17.7 Å². The van der Waals surface area contributed by atoms with Crippen LogP contribution in [0.15, 0.2) is 42.5 Å². The van der Waals surface area contributed by atoms with Crippen molar-refractivity contribution >= 4 is 17.8 Å². The molecule has 0 heterocycles. The summed E-state index contributed by atoms with van der Waals surface area (Å²) in [7, 11) is 2.79. The molecule has 2 aromatic carbocycles. The Balaban J connectivity index is 1.69. The molecular weight excluding hydrogens is 408 g/mol. The Hall–Kier alpha value is -3.19. The zero-order chi connectivity index (χ0) is 23.1. The molecule has 0 radical (unpaired) electrons. The molecule has 0 saturated heterocycles. The number of esters is 2. The fourth-order valence-electron chi connectivity index (χ4n) is 4.12. The topological polar surface area (TPSA) is 112 Å². The van der Waals surface area contributed by atoms with E-state index < -0.39 is 5.97 Å². The standard InChI is InChI=1S/C25H30N2O5/c1-30-24(28)18-8-6-16(7-9-18)14-32-15-17-10-21(13-22(11-17)25(29)31-2)19-4-3-5-20(12-19)23(26)27/h3-5,10-13,16,18H,6-9,14-15H2,1-2H3,(H3,26,27). The maximum Gasteiger partial charge on any atom is 0.337 e. The van der Waals surface area contributed by atoms with Crippen molar-refractivity contribution in [2.45, 2.75) is 32.3 Å². The van der Waals surface area contributed by atoms with E-state index in [1.807, 2.05) is 24.3 Å². The summed E-state index contributed by atoms with van der Waals surface area (Å²) in [5.41, 5.74) is 9.22. The summed E-state index contributed by atoms with van der Waals surface area (Å²) in [5.74, 6) is -0.142. The maximum absolute atomic E-state index is 12.2.